The fourth-order valence-corrected chi connectivity index (χ4v) is 2.77. The minimum absolute atomic E-state index is 0.144. The molecular formula is C12H12O3S. The summed E-state index contributed by atoms with van der Waals surface area (Å²) in [6.07, 6.45) is 0. The lowest BCUT2D eigenvalue weighted by molar-refractivity contribution is 0.338. The Labute approximate surface area is 94.8 Å². The van der Waals surface area contributed by atoms with Crippen molar-refractivity contribution in [3.05, 3.63) is 42.5 Å². The molecule has 0 aliphatic rings. The van der Waals surface area contributed by atoms with Crippen molar-refractivity contribution in [2.45, 2.75) is 11.8 Å². The van der Waals surface area contributed by atoms with Gasteiger partial charge in [0.25, 0.3) is 10.1 Å². The summed E-state index contributed by atoms with van der Waals surface area (Å²) in [7, 11) is -3.64. The van der Waals surface area contributed by atoms with Crippen molar-refractivity contribution in [2.24, 2.45) is 0 Å². The molecule has 0 aliphatic carbocycles. The van der Waals surface area contributed by atoms with E-state index in [2.05, 4.69) is 0 Å². The third-order valence-corrected chi connectivity index (χ3v) is 3.73. The molecule has 2 aromatic carbocycles. The Hall–Kier alpha value is -1.39. The monoisotopic (exact) mass is 236 g/mol. The van der Waals surface area contributed by atoms with E-state index in [1.165, 1.54) is 0 Å². The Morgan fingerprint density at radius 2 is 1.75 bits per heavy atom. The molecule has 0 spiro atoms. The summed E-state index contributed by atoms with van der Waals surface area (Å²) in [6, 6.07) is 12.5. The predicted molar refractivity (Wildman–Crippen MR) is 62.8 cm³/mol. The third-order valence-electron chi connectivity index (χ3n) is 2.29. The van der Waals surface area contributed by atoms with Crippen molar-refractivity contribution in [2.75, 3.05) is 6.61 Å². The van der Waals surface area contributed by atoms with Gasteiger partial charge in [-0.15, -0.1) is 0 Å². The maximum Gasteiger partial charge on any atom is 0.297 e. The molecule has 0 aliphatic heterocycles. The molecule has 0 saturated heterocycles. The molecule has 0 N–H and O–H groups in total. The smallest absolute Gasteiger partial charge is 0.267 e. The van der Waals surface area contributed by atoms with Crippen molar-refractivity contribution >= 4 is 20.9 Å². The summed E-state index contributed by atoms with van der Waals surface area (Å²) in [5, 5.41) is 1.58. The lowest BCUT2D eigenvalue weighted by atomic mass is 10.1. The SMILES string of the molecule is CCOS(=O)(=O)c1cccc2ccccc12. The second kappa shape index (κ2) is 4.23. The van der Waals surface area contributed by atoms with Crippen LogP contribution in [-0.4, -0.2) is 15.0 Å². The summed E-state index contributed by atoms with van der Waals surface area (Å²) in [5.74, 6) is 0. The Balaban J connectivity index is 2.70. The zero-order chi connectivity index (χ0) is 11.6. The van der Waals surface area contributed by atoms with E-state index in [4.69, 9.17) is 4.18 Å². The minimum Gasteiger partial charge on any atom is -0.267 e. The van der Waals surface area contributed by atoms with Crippen LogP contribution in [0.1, 0.15) is 6.92 Å². The third kappa shape index (κ3) is 1.94. The van der Waals surface area contributed by atoms with E-state index in [0.717, 1.165) is 5.39 Å². The molecule has 4 heteroatoms. The van der Waals surface area contributed by atoms with Gasteiger partial charge < -0.3 is 0 Å². The Morgan fingerprint density at radius 1 is 1.06 bits per heavy atom. The maximum atomic E-state index is 11.8. The maximum absolute atomic E-state index is 11.8. The number of rotatable bonds is 3. The molecule has 0 amide bonds. The summed E-state index contributed by atoms with van der Waals surface area (Å²) in [4.78, 5) is 0.229. The highest BCUT2D eigenvalue weighted by atomic mass is 32.2. The minimum atomic E-state index is -3.64. The fraction of sp³-hybridized carbons (Fsp3) is 0.167. The predicted octanol–water partition coefficient (Wildman–Crippen LogP) is 2.57. The molecule has 0 heterocycles. The number of hydrogen-bond donors (Lipinski definition) is 0. The highest BCUT2D eigenvalue weighted by molar-refractivity contribution is 7.87. The van der Waals surface area contributed by atoms with Crippen molar-refractivity contribution in [1.29, 1.82) is 0 Å². The molecule has 0 saturated carbocycles. The van der Waals surface area contributed by atoms with Gasteiger partial charge in [0.15, 0.2) is 0 Å². The number of benzene rings is 2. The molecule has 0 radical (unpaired) electrons. The number of fused-ring (bicyclic) bond motifs is 1. The van der Waals surface area contributed by atoms with Crippen LogP contribution in [0.4, 0.5) is 0 Å². The van der Waals surface area contributed by atoms with E-state index in [0.29, 0.717) is 5.39 Å². The zero-order valence-electron chi connectivity index (χ0n) is 8.88. The van der Waals surface area contributed by atoms with E-state index in [-0.39, 0.29) is 11.5 Å². The van der Waals surface area contributed by atoms with Crippen LogP contribution in [-0.2, 0) is 14.3 Å². The van der Waals surface area contributed by atoms with Crippen LogP contribution in [0, 0.1) is 0 Å². The van der Waals surface area contributed by atoms with E-state index in [1.807, 2.05) is 24.3 Å². The van der Waals surface area contributed by atoms with E-state index < -0.39 is 10.1 Å². The topological polar surface area (TPSA) is 43.4 Å². The van der Waals surface area contributed by atoms with Crippen LogP contribution in [0.5, 0.6) is 0 Å². The quantitative estimate of drug-likeness (QED) is 0.769. The van der Waals surface area contributed by atoms with Crippen LogP contribution >= 0.6 is 0 Å². The first-order valence-electron chi connectivity index (χ1n) is 5.02. The van der Waals surface area contributed by atoms with E-state index >= 15 is 0 Å². The molecule has 0 unspecified atom stereocenters. The van der Waals surface area contributed by atoms with E-state index in [1.54, 1.807) is 25.1 Å². The molecule has 2 rings (SSSR count). The van der Waals surface area contributed by atoms with Crippen molar-refractivity contribution < 1.29 is 12.6 Å². The lowest BCUT2D eigenvalue weighted by Crippen LogP contribution is -2.06. The van der Waals surface area contributed by atoms with Gasteiger partial charge in [0.1, 0.15) is 4.90 Å². The van der Waals surface area contributed by atoms with Gasteiger partial charge in [0.2, 0.25) is 0 Å². The van der Waals surface area contributed by atoms with Gasteiger partial charge in [-0.1, -0.05) is 36.4 Å². The first-order chi connectivity index (χ1) is 7.65. The van der Waals surface area contributed by atoms with Gasteiger partial charge in [-0.25, -0.2) is 0 Å². The standard InChI is InChI=1S/C12H12O3S/c1-2-15-16(13,14)12-9-5-7-10-6-3-4-8-11(10)12/h3-9H,2H2,1H3. The van der Waals surface area contributed by atoms with Crippen molar-refractivity contribution in [3.8, 4) is 0 Å². The summed E-state index contributed by atoms with van der Waals surface area (Å²) in [5.41, 5.74) is 0. The second-order valence-corrected chi connectivity index (χ2v) is 4.92. The molecule has 2 aromatic rings. The van der Waals surface area contributed by atoms with Gasteiger partial charge in [0, 0.05) is 5.39 Å². The second-order valence-electron chi connectivity index (χ2n) is 3.34. The normalized spacial score (nSPS) is 11.8. The summed E-state index contributed by atoms with van der Waals surface area (Å²) in [6.45, 7) is 1.80. The van der Waals surface area contributed by atoms with Crippen molar-refractivity contribution in [1.82, 2.24) is 0 Å². The highest BCUT2D eigenvalue weighted by Gasteiger charge is 2.16. The number of hydrogen-bond acceptors (Lipinski definition) is 3. The molecule has 0 atom stereocenters. The van der Waals surface area contributed by atoms with E-state index in [9.17, 15) is 8.42 Å². The molecule has 0 aromatic heterocycles. The first kappa shape index (κ1) is 11.1. The molecule has 84 valence electrons. The van der Waals surface area contributed by atoms with Gasteiger partial charge in [-0.3, -0.25) is 4.18 Å². The molecule has 16 heavy (non-hydrogen) atoms. The van der Waals surface area contributed by atoms with Crippen LogP contribution in [0.25, 0.3) is 10.8 Å². The van der Waals surface area contributed by atoms with Gasteiger partial charge in [0.05, 0.1) is 6.61 Å². The molecule has 3 nitrogen and oxygen atoms in total. The van der Waals surface area contributed by atoms with Gasteiger partial charge >= 0.3 is 0 Å². The largest absolute Gasteiger partial charge is 0.297 e. The molecular weight excluding hydrogens is 224 g/mol. The molecule has 0 fully saturated rings. The van der Waals surface area contributed by atoms with Crippen LogP contribution in [0.15, 0.2) is 47.4 Å². The average Bonchev–Trinajstić information content (AvgIpc) is 2.28. The summed E-state index contributed by atoms with van der Waals surface area (Å²) < 4.78 is 28.4. The lowest BCUT2D eigenvalue weighted by Gasteiger charge is -2.06. The van der Waals surface area contributed by atoms with Crippen molar-refractivity contribution in [3.63, 3.8) is 0 Å². The Bertz CT molecular complexity index is 597. The Kier molecular flexibility index (Phi) is 2.94. The molecule has 0 bridgehead atoms. The Morgan fingerprint density at radius 3 is 2.50 bits per heavy atom. The van der Waals surface area contributed by atoms with Gasteiger partial charge in [-0.05, 0) is 18.4 Å². The zero-order valence-corrected chi connectivity index (χ0v) is 9.70. The summed E-state index contributed by atoms with van der Waals surface area (Å²) >= 11 is 0. The highest BCUT2D eigenvalue weighted by Crippen LogP contribution is 2.23. The van der Waals surface area contributed by atoms with Crippen LogP contribution in [0.3, 0.4) is 0 Å². The fourth-order valence-electron chi connectivity index (χ4n) is 1.63. The van der Waals surface area contributed by atoms with Crippen LogP contribution in [0.2, 0.25) is 0 Å². The first-order valence-corrected chi connectivity index (χ1v) is 6.43. The van der Waals surface area contributed by atoms with Crippen LogP contribution < -0.4 is 0 Å². The average molecular weight is 236 g/mol. The van der Waals surface area contributed by atoms with Gasteiger partial charge in [-0.2, -0.15) is 8.42 Å².